The molecule has 7 heteroatoms. The van der Waals surface area contributed by atoms with Crippen LogP contribution < -0.4 is 5.32 Å². The molecular formula is C13H22N2O4S. The maximum Gasteiger partial charge on any atom is 0.334 e. The molecule has 1 aliphatic carbocycles. The summed E-state index contributed by atoms with van der Waals surface area (Å²) in [5.41, 5.74) is 0. The highest BCUT2D eigenvalue weighted by Gasteiger charge is 2.34. The minimum atomic E-state index is -1.01. The predicted octanol–water partition coefficient (Wildman–Crippen LogP) is 1.16. The van der Waals surface area contributed by atoms with Gasteiger partial charge in [0.1, 0.15) is 0 Å². The van der Waals surface area contributed by atoms with Crippen LogP contribution >= 0.6 is 11.8 Å². The minimum absolute atomic E-state index is 0.118. The number of amides is 2. The maximum absolute atomic E-state index is 12.1. The Morgan fingerprint density at radius 3 is 2.75 bits per heavy atom. The van der Waals surface area contributed by atoms with E-state index in [-0.39, 0.29) is 23.9 Å². The van der Waals surface area contributed by atoms with Gasteiger partial charge >= 0.3 is 12.0 Å². The van der Waals surface area contributed by atoms with Crippen molar-refractivity contribution in [3.8, 4) is 0 Å². The quantitative estimate of drug-likeness (QED) is 0.814. The van der Waals surface area contributed by atoms with Gasteiger partial charge in [0.2, 0.25) is 0 Å². The molecule has 1 unspecified atom stereocenters. The second-order valence-electron chi connectivity index (χ2n) is 5.40. The predicted molar refractivity (Wildman–Crippen MR) is 77.1 cm³/mol. The Bertz CT molecular complexity index is 371. The van der Waals surface area contributed by atoms with Crippen LogP contribution in [-0.2, 0) is 9.53 Å². The number of carboxylic acids is 1. The zero-order valence-electron chi connectivity index (χ0n) is 11.8. The van der Waals surface area contributed by atoms with Crippen molar-refractivity contribution in [1.82, 2.24) is 10.2 Å². The third-order valence-electron chi connectivity index (χ3n) is 4.14. The number of thioether (sulfide) groups is 1. The number of hydrogen-bond acceptors (Lipinski definition) is 4. The molecule has 1 heterocycles. The van der Waals surface area contributed by atoms with E-state index in [1.54, 1.807) is 0 Å². The number of nitrogens with zero attached hydrogens (tertiary/aromatic N) is 1. The second kappa shape index (κ2) is 6.67. The molecule has 114 valence electrons. The molecule has 2 rings (SSSR count). The Morgan fingerprint density at radius 2 is 2.15 bits per heavy atom. The summed E-state index contributed by atoms with van der Waals surface area (Å²) in [4.78, 5) is 24.6. The van der Waals surface area contributed by atoms with Crippen LogP contribution in [0, 0.1) is 0 Å². The summed E-state index contributed by atoms with van der Waals surface area (Å²) in [5.74, 6) is -1.01. The molecule has 2 aliphatic rings. The number of hydrogen-bond donors (Lipinski definition) is 2. The molecular weight excluding hydrogens is 280 g/mol. The van der Waals surface area contributed by atoms with E-state index in [0.29, 0.717) is 13.1 Å². The highest BCUT2D eigenvalue weighted by atomic mass is 32.2. The fourth-order valence-corrected chi connectivity index (χ4v) is 3.72. The first kappa shape index (κ1) is 15.4. The number of carbonyl (C=O) groups is 2. The standard InChI is InChI=1S/C13H22N2O4S/c1-20-13(4-2-3-5-13)9-14-12(18)15-6-7-19-10(8-15)11(16)17/h10H,2-9H2,1H3,(H,14,18)(H,16,17). The molecule has 1 saturated heterocycles. The fourth-order valence-electron chi connectivity index (χ4n) is 2.80. The zero-order chi connectivity index (χ0) is 14.6. The first-order chi connectivity index (χ1) is 9.56. The van der Waals surface area contributed by atoms with Gasteiger partial charge in [-0.05, 0) is 19.1 Å². The molecule has 1 atom stereocenters. The number of rotatable bonds is 4. The number of nitrogens with one attached hydrogen (secondary N) is 1. The molecule has 1 aliphatic heterocycles. The number of carboxylic acid groups (broad SMARTS) is 1. The number of urea groups is 1. The summed E-state index contributed by atoms with van der Waals surface area (Å²) in [6.45, 7) is 1.50. The van der Waals surface area contributed by atoms with Crippen LogP contribution in [0.25, 0.3) is 0 Å². The maximum atomic E-state index is 12.1. The van der Waals surface area contributed by atoms with E-state index in [4.69, 9.17) is 9.84 Å². The van der Waals surface area contributed by atoms with Gasteiger partial charge in [-0.2, -0.15) is 11.8 Å². The summed E-state index contributed by atoms with van der Waals surface area (Å²) in [6.07, 6.45) is 5.89. The van der Waals surface area contributed by atoms with Crippen molar-refractivity contribution in [2.75, 3.05) is 32.5 Å². The number of morpholine rings is 1. The van der Waals surface area contributed by atoms with Crippen molar-refractivity contribution >= 4 is 23.8 Å². The summed E-state index contributed by atoms with van der Waals surface area (Å²) in [6, 6.07) is -0.181. The Morgan fingerprint density at radius 1 is 1.45 bits per heavy atom. The topological polar surface area (TPSA) is 78.9 Å². The van der Waals surface area contributed by atoms with Crippen molar-refractivity contribution < 1.29 is 19.4 Å². The van der Waals surface area contributed by atoms with E-state index in [1.807, 2.05) is 11.8 Å². The van der Waals surface area contributed by atoms with Gasteiger partial charge < -0.3 is 20.1 Å². The normalized spacial score (nSPS) is 25.4. The molecule has 2 N–H and O–H groups in total. The molecule has 0 aromatic heterocycles. The number of aliphatic carboxylic acids is 1. The zero-order valence-corrected chi connectivity index (χ0v) is 12.6. The third-order valence-corrected chi connectivity index (χ3v) is 5.56. The van der Waals surface area contributed by atoms with Crippen LogP contribution in [0.15, 0.2) is 0 Å². The largest absolute Gasteiger partial charge is 0.479 e. The van der Waals surface area contributed by atoms with Gasteiger partial charge in [-0.3, -0.25) is 0 Å². The van der Waals surface area contributed by atoms with E-state index < -0.39 is 12.1 Å². The number of carbonyl (C=O) groups excluding carboxylic acids is 1. The van der Waals surface area contributed by atoms with Crippen molar-refractivity contribution in [1.29, 1.82) is 0 Å². The van der Waals surface area contributed by atoms with Gasteiger partial charge in [0, 0.05) is 17.8 Å². The van der Waals surface area contributed by atoms with Crippen molar-refractivity contribution in [3.63, 3.8) is 0 Å². The molecule has 6 nitrogen and oxygen atoms in total. The van der Waals surface area contributed by atoms with Crippen LogP contribution in [0.3, 0.4) is 0 Å². The summed E-state index contributed by atoms with van der Waals surface area (Å²) in [7, 11) is 0. The van der Waals surface area contributed by atoms with Gasteiger partial charge in [0.25, 0.3) is 0 Å². The SMILES string of the molecule is CSC1(CNC(=O)N2CCOC(C(=O)O)C2)CCCC1. The minimum Gasteiger partial charge on any atom is -0.479 e. The first-order valence-corrected chi connectivity index (χ1v) is 8.21. The molecule has 0 aromatic rings. The Hall–Kier alpha value is -0.950. The molecule has 0 radical (unpaired) electrons. The molecule has 0 bridgehead atoms. The lowest BCUT2D eigenvalue weighted by atomic mass is 10.1. The van der Waals surface area contributed by atoms with Gasteiger partial charge in [0.15, 0.2) is 6.10 Å². The second-order valence-corrected chi connectivity index (χ2v) is 6.67. The van der Waals surface area contributed by atoms with E-state index in [0.717, 1.165) is 12.8 Å². The highest BCUT2D eigenvalue weighted by molar-refractivity contribution is 8.00. The Balaban J connectivity index is 1.83. The van der Waals surface area contributed by atoms with Crippen LogP contribution in [0.2, 0.25) is 0 Å². The van der Waals surface area contributed by atoms with E-state index >= 15 is 0 Å². The van der Waals surface area contributed by atoms with Gasteiger partial charge in [0.05, 0.1) is 13.2 Å². The van der Waals surface area contributed by atoms with Gasteiger partial charge in [-0.25, -0.2) is 9.59 Å². The lowest BCUT2D eigenvalue weighted by Gasteiger charge is -2.33. The molecule has 0 aromatic carbocycles. The fraction of sp³-hybridized carbons (Fsp3) is 0.846. The van der Waals surface area contributed by atoms with Crippen molar-refractivity contribution in [3.05, 3.63) is 0 Å². The average molecular weight is 302 g/mol. The molecule has 0 spiro atoms. The van der Waals surface area contributed by atoms with Gasteiger partial charge in [-0.1, -0.05) is 12.8 Å². The van der Waals surface area contributed by atoms with Gasteiger partial charge in [-0.15, -0.1) is 0 Å². The van der Waals surface area contributed by atoms with E-state index in [1.165, 1.54) is 17.7 Å². The molecule has 1 saturated carbocycles. The molecule has 20 heavy (non-hydrogen) atoms. The monoisotopic (exact) mass is 302 g/mol. The first-order valence-electron chi connectivity index (χ1n) is 6.99. The Kier molecular flexibility index (Phi) is 5.15. The summed E-state index contributed by atoms with van der Waals surface area (Å²) >= 11 is 1.82. The molecule has 2 amide bonds. The smallest absolute Gasteiger partial charge is 0.334 e. The lowest BCUT2D eigenvalue weighted by molar-refractivity contribution is -0.154. The van der Waals surface area contributed by atoms with Crippen molar-refractivity contribution in [2.24, 2.45) is 0 Å². The van der Waals surface area contributed by atoms with Crippen LogP contribution in [0.1, 0.15) is 25.7 Å². The average Bonchev–Trinajstić information content (AvgIpc) is 2.94. The van der Waals surface area contributed by atoms with Crippen LogP contribution in [-0.4, -0.2) is 65.4 Å². The summed E-state index contributed by atoms with van der Waals surface area (Å²) in [5, 5.41) is 11.9. The molecule has 2 fully saturated rings. The summed E-state index contributed by atoms with van der Waals surface area (Å²) < 4.78 is 5.27. The highest BCUT2D eigenvalue weighted by Crippen LogP contribution is 2.39. The third kappa shape index (κ3) is 3.58. The lowest BCUT2D eigenvalue weighted by Crippen LogP contribution is -2.53. The van der Waals surface area contributed by atoms with E-state index in [2.05, 4.69) is 11.6 Å². The number of ether oxygens (including phenoxy) is 1. The van der Waals surface area contributed by atoms with Crippen LogP contribution in [0.4, 0.5) is 4.79 Å². The Labute approximate surface area is 123 Å². The van der Waals surface area contributed by atoms with Crippen molar-refractivity contribution in [2.45, 2.75) is 36.5 Å². The van der Waals surface area contributed by atoms with Crippen LogP contribution in [0.5, 0.6) is 0 Å². The van der Waals surface area contributed by atoms with E-state index in [9.17, 15) is 9.59 Å².